The average Bonchev–Trinajstić information content (AvgIpc) is 3.07. The number of para-hydroxylation sites is 1. The highest BCUT2D eigenvalue weighted by Gasteiger charge is 2.13. The molecule has 0 spiro atoms. The van der Waals surface area contributed by atoms with E-state index in [9.17, 15) is 4.79 Å². The normalized spacial score (nSPS) is 10.5. The van der Waals surface area contributed by atoms with Crippen LogP contribution in [0.1, 0.15) is 21.6 Å². The molecule has 25 heavy (non-hydrogen) atoms. The number of rotatable bonds is 5. The van der Waals surface area contributed by atoms with Crippen LogP contribution < -0.4 is 10.6 Å². The van der Waals surface area contributed by atoms with Crippen molar-refractivity contribution in [3.8, 4) is 0 Å². The van der Waals surface area contributed by atoms with Crippen molar-refractivity contribution in [1.82, 2.24) is 4.98 Å². The average molecular weight is 370 g/mol. The van der Waals surface area contributed by atoms with E-state index in [1.54, 1.807) is 17.1 Å². The van der Waals surface area contributed by atoms with Crippen LogP contribution in [0.5, 0.6) is 0 Å². The number of thioether (sulfide) groups is 1. The molecule has 0 bridgehead atoms. The summed E-state index contributed by atoms with van der Waals surface area (Å²) >= 11 is 3.02. The number of anilines is 3. The van der Waals surface area contributed by atoms with Gasteiger partial charge < -0.3 is 10.6 Å². The highest BCUT2D eigenvalue weighted by Crippen LogP contribution is 2.27. The lowest BCUT2D eigenvalue weighted by molar-refractivity contribution is 0.102. The monoisotopic (exact) mass is 369 g/mol. The number of benzene rings is 2. The summed E-state index contributed by atoms with van der Waals surface area (Å²) in [5, 5.41) is 8.69. The maximum Gasteiger partial charge on any atom is 0.275 e. The molecule has 0 saturated carbocycles. The molecule has 1 aromatic heterocycles. The van der Waals surface area contributed by atoms with Gasteiger partial charge in [0.15, 0.2) is 5.13 Å². The van der Waals surface area contributed by atoms with Crippen LogP contribution in [0.2, 0.25) is 0 Å². The van der Waals surface area contributed by atoms with Crippen LogP contribution in [0, 0.1) is 13.8 Å². The van der Waals surface area contributed by atoms with Gasteiger partial charge in [-0.2, -0.15) is 0 Å². The summed E-state index contributed by atoms with van der Waals surface area (Å²) in [6.45, 7) is 4.12. The fourth-order valence-electron chi connectivity index (χ4n) is 2.44. The Labute approximate surface area is 155 Å². The second kappa shape index (κ2) is 7.72. The van der Waals surface area contributed by atoms with Gasteiger partial charge in [-0.3, -0.25) is 4.79 Å². The van der Waals surface area contributed by atoms with Gasteiger partial charge in [0.2, 0.25) is 0 Å². The summed E-state index contributed by atoms with van der Waals surface area (Å²) in [5.41, 5.74) is 4.58. The molecule has 0 aliphatic carbocycles. The first kappa shape index (κ1) is 17.5. The zero-order valence-corrected chi connectivity index (χ0v) is 15.9. The van der Waals surface area contributed by atoms with Crippen LogP contribution in [-0.2, 0) is 0 Å². The lowest BCUT2D eigenvalue weighted by Crippen LogP contribution is -2.13. The maximum absolute atomic E-state index is 12.5. The number of aromatic nitrogens is 1. The summed E-state index contributed by atoms with van der Waals surface area (Å²) in [7, 11) is 0. The number of nitrogens with zero attached hydrogens (tertiary/aromatic N) is 1. The predicted molar refractivity (Wildman–Crippen MR) is 107 cm³/mol. The molecule has 0 saturated heterocycles. The van der Waals surface area contributed by atoms with Crippen molar-refractivity contribution in [2.75, 3.05) is 16.9 Å². The number of hydrogen-bond acceptors (Lipinski definition) is 5. The number of carbonyl (C=O) groups excluding carboxylic acids is 1. The van der Waals surface area contributed by atoms with E-state index in [1.165, 1.54) is 16.9 Å². The predicted octanol–water partition coefficient (Wildman–Crippen LogP) is 5.48. The molecule has 1 heterocycles. The molecule has 1 amide bonds. The summed E-state index contributed by atoms with van der Waals surface area (Å²) < 4.78 is 0. The molecular formula is C19H19N3OS2. The highest BCUT2D eigenvalue weighted by molar-refractivity contribution is 7.98. The molecule has 2 N–H and O–H groups in total. The third-order valence-electron chi connectivity index (χ3n) is 3.72. The van der Waals surface area contributed by atoms with Crippen LogP contribution >= 0.6 is 23.1 Å². The van der Waals surface area contributed by atoms with Crippen molar-refractivity contribution >= 4 is 45.5 Å². The van der Waals surface area contributed by atoms with Gasteiger partial charge in [0.1, 0.15) is 5.69 Å². The first-order valence-corrected chi connectivity index (χ1v) is 9.91. The lowest BCUT2D eigenvalue weighted by Gasteiger charge is -2.08. The van der Waals surface area contributed by atoms with Crippen molar-refractivity contribution < 1.29 is 4.79 Å². The number of carbonyl (C=O) groups is 1. The van der Waals surface area contributed by atoms with Gasteiger partial charge in [0.25, 0.3) is 5.91 Å². The molecule has 0 fully saturated rings. The summed E-state index contributed by atoms with van der Waals surface area (Å²) in [4.78, 5) is 17.9. The zero-order chi connectivity index (χ0) is 17.8. The van der Waals surface area contributed by atoms with Crippen LogP contribution in [0.3, 0.4) is 0 Å². The lowest BCUT2D eigenvalue weighted by atomic mass is 10.1. The Morgan fingerprint density at radius 1 is 1.12 bits per heavy atom. The minimum atomic E-state index is -0.202. The molecular weight excluding hydrogens is 350 g/mol. The van der Waals surface area contributed by atoms with E-state index >= 15 is 0 Å². The Balaban J connectivity index is 1.73. The number of thiazole rings is 1. The second-order valence-electron chi connectivity index (χ2n) is 5.64. The van der Waals surface area contributed by atoms with Gasteiger partial charge in [-0.25, -0.2) is 4.98 Å². The Hall–Kier alpha value is -2.31. The molecule has 0 radical (unpaired) electrons. The Kier molecular flexibility index (Phi) is 5.40. The zero-order valence-electron chi connectivity index (χ0n) is 14.3. The highest BCUT2D eigenvalue weighted by atomic mass is 32.2. The Morgan fingerprint density at radius 2 is 1.92 bits per heavy atom. The van der Waals surface area contributed by atoms with E-state index in [0.29, 0.717) is 10.8 Å². The van der Waals surface area contributed by atoms with Crippen molar-refractivity contribution in [2.24, 2.45) is 0 Å². The second-order valence-corrected chi connectivity index (χ2v) is 7.34. The van der Waals surface area contributed by atoms with Crippen LogP contribution in [0.15, 0.2) is 52.7 Å². The summed E-state index contributed by atoms with van der Waals surface area (Å²) in [5.74, 6) is -0.202. The molecule has 0 aliphatic rings. The SMILES string of the molecule is CSc1ccccc1NC(=O)c1csc(Nc2ccc(C)cc2C)n1. The van der Waals surface area contributed by atoms with Crippen molar-refractivity contribution in [3.63, 3.8) is 0 Å². The largest absolute Gasteiger partial charge is 0.331 e. The number of nitrogens with one attached hydrogen (secondary N) is 2. The molecule has 6 heteroatoms. The minimum Gasteiger partial charge on any atom is -0.331 e. The van der Waals surface area contributed by atoms with Crippen LogP contribution in [0.25, 0.3) is 0 Å². The van der Waals surface area contributed by atoms with Gasteiger partial charge >= 0.3 is 0 Å². The summed E-state index contributed by atoms with van der Waals surface area (Å²) in [6, 6.07) is 13.9. The Morgan fingerprint density at radius 3 is 2.68 bits per heavy atom. The molecule has 3 rings (SSSR count). The fraction of sp³-hybridized carbons (Fsp3) is 0.158. The third-order valence-corrected chi connectivity index (χ3v) is 5.27. The maximum atomic E-state index is 12.5. The first-order valence-electron chi connectivity index (χ1n) is 7.81. The van der Waals surface area contributed by atoms with Gasteiger partial charge in [0.05, 0.1) is 5.69 Å². The molecule has 128 valence electrons. The van der Waals surface area contributed by atoms with E-state index in [-0.39, 0.29) is 5.91 Å². The fourth-order valence-corrected chi connectivity index (χ4v) is 3.70. The van der Waals surface area contributed by atoms with Crippen LogP contribution in [0.4, 0.5) is 16.5 Å². The quantitative estimate of drug-likeness (QED) is 0.585. The van der Waals surface area contributed by atoms with E-state index < -0.39 is 0 Å². The summed E-state index contributed by atoms with van der Waals surface area (Å²) in [6.07, 6.45) is 1.99. The minimum absolute atomic E-state index is 0.202. The van der Waals surface area contributed by atoms with E-state index in [1.807, 2.05) is 36.6 Å². The Bertz CT molecular complexity index is 905. The van der Waals surface area contributed by atoms with Crippen molar-refractivity contribution in [3.05, 3.63) is 64.7 Å². The van der Waals surface area contributed by atoms with E-state index in [2.05, 4.69) is 41.6 Å². The topological polar surface area (TPSA) is 54.0 Å². The molecule has 2 aromatic carbocycles. The van der Waals surface area contributed by atoms with Crippen molar-refractivity contribution in [2.45, 2.75) is 18.7 Å². The van der Waals surface area contributed by atoms with Gasteiger partial charge in [0, 0.05) is 16.0 Å². The van der Waals surface area contributed by atoms with Gasteiger partial charge in [-0.15, -0.1) is 23.1 Å². The smallest absolute Gasteiger partial charge is 0.275 e. The van der Waals surface area contributed by atoms with Crippen molar-refractivity contribution in [1.29, 1.82) is 0 Å². The number of amides is 1. The molecule has 0 atom stereocenters. The number of aryl methyl sites for hydroxylation is 2. The molecule has 0 unspecified atom stereocenters. The standard InChI is InChI=1S/C19H19N3OS2/c1-12-8-9-14(13(2)10-12)21-19-22-16(11-25-19)18(23)20-15-6-4-5-7-17(15)24-3/h4-11H,1-3H3,(H,20,23)(H,21,22). The molecule has 4 nitrogen and oxygen atoms in total. The van der Waals surface area contributed by atoms with Crippen LogP contribution in [-0.4, -0.2) is 17.1 Å². The molecule has 0 aliphatic heterocycles. The third kappa shape index (κ3) is 4.21. The van der Waals surface area contributed by atoms with Gasteiger partial charge in [-0.05, 0) is 43.9 Å². The number of hydrogen-bond donors (Lipinski definition) is 2. The molecule has 3 aromatic rings. The van der Waals surface area contributed by atoms with Gasteiger partial charge in [-0.1, -0.05) is 29.8 Å². The van der Waals surface area contributed by atoms with E-state index in [4.69, 9.17) is 0 Å². The first-order chi connectivity index (χ1) is 12.1. The van der Waals surface area contributed by atoms with E-state index in [0.717, 1.165) is 21.8 Å².